The van der Waals surface area contributed by atoms with Crippen LogP contribution in [0, 0.1) is 0 Å². The number of esters is 1. The lowest BCUT2D eigenvalue weighted by atomic mass is 10.1. The van der Waals surface area contributed by atoms with Gasteiger partial charge in [-0.25, -0.2) is 0 Å². The van der Waals surface area contributed by atoms with Gasteiger partial charge in [-0.2, -0.15) is 0 Å². The molecule has 7 heteroatoms. The van der Waals surface area contributed by atoms with Crippen molar-refractivity contribution < 1.29 is 19.1 Å². The van der Waals surface area contributed by atoms with E-state index in [1.807, 2.05) is 12.1 Å². The summed E-state index contributed by atoms with van der Waals surface area (Å²) in [7, 11) is 0. The number of hydrogen-bond acceptors (Lipinski definition) is 5. The van der Waals surface area contributed by atoms with Gasteiger partial charge in [0.1, 0.15) is 5.75 Å². The molecular weight excluding hydrogens is 370 g/mol. The zero-order valence-electron chi connectivity index (χ0n) is 15.7. The fourth-order valence-corrected chi connectivity index (χ4v) is 2.56. The molecule has 0 aliphatic heterocycles. The molecule has 0 bridgehead atoms. The quantitative estimate of drug-likeness (QED) is 0.498. The van der Waals surface area contributed by atoms with Gasteiger partial charge in [-0.05, 0) is 48.0 Å². The summed E-state index contributed by atoms with van der Waals surface area (Å²) in [6, 6.07) is 16.8. The van der Waals surface area contributed by atoms with Crippen LogP contribution in [0.2, 0.25) is 0 Å². The number of aromatic nitrogens is 1. The van der Waals surface area contributed by atoms with Gasteiger partial charge in [0.05, 0.1) is 0 Å². The first-order valence-electron chi connectivity index (χ1n) is 8.88. The number of carbonyl (C=O) groups excluding carboxylic acids is 3. The van der Waals surface area contributed by atoms with Crippen LogP contribution in [0.3, 0.4) is 0 Å². The smallest absolute Gasteiger partial charge is 0.308 e. The maximum Gasteiger partial charge on any atom is 0.308 e. The summed E-state index contributed by atoms with van der Waals surface area (Å²) < 4.78 is 4.99. The van der Waals surface area contributed by atoms with Gasteiger partial charge in [-0.15, -0.1) is 0 Å². The minimum atomic E-state index is -0.450. The highest BCUT2D eigenvalue weighted by Crippen LogP contribution is 2.16. The van der Waals surface area contributed by atoms with Gasteiger partial charge in [0.25, 0.3) is 11.8 Å². The Hall–Kier alpha value is -4.00. The lowest BCUT2D eigenvalue weighted by Gasteiger charge is -2.09. The van der Waals surface area contributed by atoms with E-state index in [9.17, 15) is 14.4 Å². The molecule has 3 aromatic rings. The van der Waals surface area contributed by atoms with E-state index in [2.05, 4.69) is 15.6 Å². The average molecular weight is 389 g/mol. The molecule has 1 aromatic heterocycles. The van der Waals surface area contributed by atoms with Crippen molar-refractivity contribution in [1.29, 1.82) is 0 Å². The SMILES string of the molecule is CC(=O)Oc1cccc(C(=O)Nc2ccc(CNC(=O)c3ccncc3)cc2)c1. The maximum atomic E-state index is 12.4. The van der Waals surface area contributed by atoms with Crippen LogP contribution in [0.25, 0.3) is 0 Å². The normalized spacial score (nSPS) is 10.1. The summed E-state index contributed by atoms with van der Waals surface area (Å²) in [6.45, 7) is 1.66. The summed E-state index contributed by atoms with van der Waals surface area (Å²) in [4.78, 5) is 39.4. The van der Waals surface area contributed by atoms with Crippen LogP contribution in [0.15, 0.2) is 73.1 Å². The third-order valence-corrected chi connectivity index (χ3v) is 3.97. The maximum absolute atomic E-state index is 12.4. The molecule has 0 saturated heterocycles. The van der Waals surface area contributed by atoms with E-state index in [1.54, 1.807) is 54.9 Å². The summed E-state index contributed by atoms with van der Waals surface area (Å²) in [5.41, 5.74) is 2.41. The average Bonchev–Trinajstić information content (AvgIpc) is 2.73. The molecule has 2 amide bonds. The first-order chi connectivity index (χ1) is 14.0. The number of nitrogens with zero attached hydrogens (tertiary/aromatic N) is 1. The number of nitrogens with one attached hydrogen (secondary N) is 2. The molecule has 3 rings (SSSR count). The van der Waals surface area contributed by atoms with Crippen LogP contribution in [-0.4, -0.2) is 22.8 Å². The van der Waals surface area contributed by atoms with Gasteiger partial charge in [0.15, 0.2) is 0 Å². The summed E-state index contributed by atoms with van der Waals surface area (Å²) >= 11 is 0. The second kappa shape index (κ2) is 9.27. The van der Waals surface area contributed by atoms with Gasteiger partial charge in [0, 0.05) is 42.7 Å². The van der Waals surface area contributed by atoms with Gasteiger partial charge >= 0.3 is 5.97 Å². The number of ether oxygens (including phenoxy) is 1. The topological polar surface area (TPSA) is 97.4 Å². The molecule has 2 aromatic carbocycles. The molecule has 0 radical (unpaired) electrons. The number of amides is 2. The fourth-order valence-electron chi connectivity index (χ4n) is 2.56. The molecule has 0 saturated carbocycles. The number of pyridine rings is 1. The van der Waals surface area contributed by atoms with Gasteiger partial charge in [-0.1, -0.05) is 18.2 Å². The lowest BCUT2D eigenvalue weighted by Crippen LogP contribution is -2.22. The lowest BCUT2D eigenvalue weighted by molar-refractivity contribution is -0.131. The van der Waals surface area contributed by atoms with E-state index in [1.165, 1.54) is 13.0 Å². The molecule has 0 aliphatic carbocycles. The van der Waals surface area contributed by atoms with E-state index in [0.717, 1.165) is 5.56 Å². The van der Waals surface area contributed by atoms with Crippen molar-refractivity contribution in [2.24, 2.45) is 0 Å². The largest absolute Gasteiger partial charge is 0.427 e. The summed E-state index contributed by atoms with van der Waals surface area (Å²) in [5, 5.41) is 5.61. The Balaban J connectivity index is 1.57. The standard InChI is InChI=1S/C22H19N3O4/c1-15(26)29-20-4-2-3-18(13-20)22(28)25-19-7-5-16(6-8-19)14-24-21(27)17-9-11-23-12-10-17/h2-13H,14H2,1H3,(H,24,27)(H,25,28). The van der Waals surface area contributed by atoms with Crippen LogP contribution in [0.5, 0.6) is 5.75 Å². The molecule has 1 heterocycles. The monoisotopic (exact) mass is 389 g/mol. The molecule has 2 N–H and O–H groups in total. The number of rotatable bonds is 6. The van der Waals surface area contributed by atoms with Crippen LogP contribution in [0.1, 0.15) is 33.2 Å². The van der Waals surface area contributed by atoms with Crippen LogP contribution in [0.4, 0.5) is 5.69 Å². The van der Waals surface area contributed by atoms with Crippen molar-refractivity contribution in [3.05, 3.63) is 89.7 Å². The third kappa shape index (κ3) is 5.74. The first-order valence-corrected chi connectivity index (χ1v) is 8.88. The second-order valence-electron chi connectivity index (χ2n) is 6.19. The molecule has 7 nitrogen and oxygen atoms in total. The molecule has 0 aliphatic rings. The van der Waals surface area contributed by atoms with E-state index >= 15 is 0 Å². The Morgan fingerprint density at radius 3 is 2.31 bits per heavy atom. The molecule has 0 unspecified atom stereocenters. The van der Waals surface area contributed by atoms with Crippen LogP contribution in [-0.2, 0) is 11.3 Å². The zero-order valence-corrected chi connectivity index (χ0v) is 15.7. The zero-order chi connectivity index (χ0) is 20.6. The van der Waals surface area contributed by atoms with E-state index in [0.29, 0.717) is 29.1 Å². The van der Waals surface area contributed by atoms with Crippen LogP contribution >= 0.6 is 0 Å². The minimum Gasteiger partial charge on any atom is -0.427 e. The number of carbonyl (C=O) groups is 3. The highest BCUT2D eigenvalue weighted by Gasteiger charge is 2.09. The molecule has 29 heavy (non-hydrogen) atoms. The Morgan fingerprint density at radius 2 is 1.62 bits per heavy atom. The van der Waals surface area contributed by atoms with Gasteiger partial charge < -0.3 is 15.4 Å². The van der Waals surface area contributed by atoms with Crippen LogP contribution < -0.4 is 15.4 Å². The number of hydrogen-bond donors (Lipinski definition) is 2. The predicted octanol–water partition coefficient (Wildman–Crippen LogP) is 3.19. The Kier molecular flexibility index (Phi) is 6.32. The van der Waals surface area contributed by atoms with Gasteiger partial charge in [0.2, 0.25) is 0 Å². The first kappa shape index (κ1) is 19.8. The third-order valence-electron chi connectivity index (χ3n) is 3.97. The van der Waals surface area contributed by atoms with Crippen molar-refractivity contribution in [3.63, 3.8) is 0 Å². The highest BCUT2D eigenvalue weighted by atomic mass is 16.5. The Labute approximate surface area is 167 Å². The van der Waals surface area contributed by atoms with Crippen molar-refractivity contribution in [2.45, 2.75) is 13.5 Å². The summed E-state index contributed by atoms with van der Waals surface area (Å²) in [5.74, 6) is -0.644. The minimum absolute atomic E-state index is 0.183. The molecule has 0 atom stereocenters. The Morgan fingerprint density at radius 1 is 0.897 bits per heavy atom. The van der Waals surface area contributed by atoms with Crippen molar-refractivity contribution in [3.8, 4) is 5.75 Å². The van der Waals surface area contributed by atoms with Crippen molar-refractivity contribution in [2.75, 3.05) is 5.32 Å². The number of benzene rings is 2. The van der Waals surface area contributed by atoms with E-state index < -0.39 is 5.97 Å². The van der Waals surface area contributed by atoms with Crippen molar-refractivity contribution in [1.82, 2.24) is 10.3 Å². The van der Waals surface area contributed by atoms with Gasteiger partial charge in [-0.3, -0.25) is 19.4 Å². The summed E-state index contributed by atoms with van der Waals surface area (Å²) in [6.07, 6.45) is 3.13. The molecule has 0 spiro atoms. The van der Waals surface area contributed by atoms with E-state index in [-0.39, 0.29) is 11.8 Å². The molecular formula is C22H19N3O4. The molecule has 146 valence electrons. The predicted molar refractivity (Wildman–Crippen MR) is 108 cm³/mol. The van der Waals surface area contributed by atoms with E-state index in [4.69, 9.17) is 4.74 Å². The number of anilines is 1. The van der Waals surface area contributed by atoms with Crippen molar-refractivity contribution >= 4 is 23.5 Å². The second-order valence-corrected chi connectivity index (χ2v) is 6.19. The Bertz CT molecular complexity index is 1020. The molecule has 0 fully saturated rings. The highest BCUT2D eigenvalue weighted by molar-refractivity contribution is 6.04. The fraction of sp³-hybridized carbons (Fsp3) is 0.0909.